The molecule has 0 atom stereocenters. The maximum absolute atomic E-state index is 11.2. The molecule has 19 heavy (non-hydrogen) atoms. The van der Waals surface area contributed by atoms with Crippen LogP contribution >= 0.6 is 11.3 Å². The van der Waals surface area contributed by atoms with E-state index in [1.165, 1.54) is 0 Å². The zero-order chi connectivity index (χ0) is 14.4. The molecule has 0 aliphatic carbocycles. The predicted molar refractivity (Wildman–Crippen MR) is 77.2 cm³/mol. The summed E-state index contributed by atoms with van der Waals surface area (Å²) in [6.07, 6.45) is 0.0181. The van der Waals surface area contributed by atoms with Crippen LogP contribution in [0.3, 0.4) is 0 Å². The molecule has 0 aliphatic heterocycles. The molecular formula is C14H20N2O2S. The Morgan fingerprint density at radius 3 is 2.58 bits per heavy atom. The van der Waals surface area contributed by atoms with Crippen molar-refractivity contribution in [1.82, 2.24) is 9.38 Å². The lowest BCUT2D eigenvalue weighted by Crippen LogP contribution is -2.17. The smallest absolute Gasteiger partial charge is 0.309 e. The van der Waals surface area contributed by atoms with Crippen molar-refractivity contribution in [2.75, 3.05) is 0 Å². The van der Waals surface area contributed by atoms with Crippen LogP contribution < -0.4 is 0 Å². The molecule has 0 saturated heterocycles. The highest BCUT2D eigenvalue weighted by atomic mass is 32.1. The number of carboxylic acid groups (broad SMARTS) is 1. The Labute approximate surface area is 117 Å². The summed E-state index contributed by atoms with van der Waals surface area (Å²) in [5.41, 5.74) is 2.70. The first-order chi connectivity index (χ1) is 8.71. The van der Waals surface area contributed by atoms with Gasteiger partial charge in [-0.1, -0.05) is 34.6 Å². The summed E-state index contributed by atoms with van der Waals surface area (Å²) in [6.45, 7) is 10.4. The SMILES string of the molecule is CC(C)c1csc2nc(C(C)(C)C)c(CC(=O)O)n12. The Bertz CT molecular complexity index is 617. The molecular weight excluding hydrogens is 260 g/mol. The number of fused-ring (bicyclic) bond motifs is 1. The van der Waals surface area contributed by atoms with Gasteiger partial charge in [0.15, 0.2) is 4.96 Å². The Kier molecular flexibility index (Phi) is 3.43. The summed E-state index contributed by atoms with van der Waals surface area (Å²) < 4.78 is 2.03. The monoisotopic (exact) mass is 280 g/mol. The van der Waals surface area contributed by atoms with Crippen LogP contribution in [0.25, 0.3) is 4.96 Å². The second kappa shape index (κ2) is 4.63. The highest BCUT2D eigenvalue weighted by Gasteiger charge is 2.27. The van der Waals surface area contributed by atoms with Crippen LogP contribution in [-0.4, -0.2) is 20.5 Å². The number of imidazole rings is 1. The first-order valence-electron chi connectivity index (χ1n) is 6.42. The quantitative estimate of drug-likeness (QED) is 0.937. The lowest BCUT2D eigenvalue weighted by molar-refractivity contribution is -0.136. The van der Waals surface area contributed by atoms with E-state index in [1.54, 1.807) is 11.3 Å². The standard InChI is InChI=1S/C14H20N2O2S/c1-8(2)10-7-19-13-15-12(14(3,4)5)9(16(10)13)6-11(17)18/h7-8H,6H2,1-5H3,(H,17,18). The summed E-state index contributed by atoms with van der Waals surface area (Å²) in [5, 5.41) is 11.2. The highest BCUT2D eigenvalue weighted by molar-refractivity contribution is 7.15. The fourth-order valence-electron chi connectivity index (χ4n) is 2.24. The van der Waals surface area contributed by atoms with Crippen molar-refractivity contribution in [3.05, 3.63) is 22.5 Å². The Hall–Kier alpha value is -1.36. The topological polar surface area (TPSA) is 54.6 Å². The molecule has 2 heterocycles. The van der Waals surface area contributed by atoms with E-state index in [-0.39, 0.29) is 11.8 Å². The van der Waals surface area contributed by atoms with Crippen LogP contribution in [0.5, 0.6) is 0 Å². The minimum absolute atomic E-state index is 0.0181. The van der Waals surface area contributed by atoms with Gasteiger partial charge in [-0.2, -0.15) is 0 Å². The minimum atomic E-state index is -0.812. The number of hydrogen-bond donors (Lipinski definition) is 1. The molecule has 0 amide bonds. The predicted octanol–water partition coefficient (Wildman–Crippen LogP) is 3.44. The Balaban J connectivity index is 2.73. The van der Waals surface area contributed by atoms with Gasteiger partial charge in [0, 0.05) is 16.5 Å². The van der Waals surface area contributed by atoms with Crippen molar-refractivity contribution in [3.8, 4) is 0 Å². The molecule has 104 valence electrons. The van der Waals surface area contributed by atoms with Crippen LogP contribution in [0.15, 0.2) is 5.38 Å². The van der Waals surface area contributed by atoms with Crippen molar-refractivity contribution >= 4 is 22.3 Å². The second-order valence-corrected chi connectivity index (χ2v) is 7.00. The van der Waals surface area contributed by atoms with Gasteiger partial charge >= 0.3 is 5.97 Å². The number of aromatic nitrogens is 2. The van der Waals surface area contributed by atoms with Gasteiger partial charge in [0.05, 0.1) is 17.8 Å². The Morgan fingerprint density at radius 2 is 2.11 bits per heavy atom. The number of hydrogen-bond acceptors (Lipinski definition) is 3. The van der Waals surface area contributed by atoms with Crippen LogP contribution in [0, 0.1) is 0 Å². The van der Waals surface area contributed by atoms with Crippen molar-refractivity contribution in [2.24, 2.45) is 0 Å². The molecule has 0 fully saturated rings. The van der Waals surface area contributed by atoms with E-state index in [4.69, 9.17) is 5.11 Å². The zero-order valence-electron chi connectivity index (χ0n) is 12.0. The fraction of sp³-hybridized carbons (Fsp3) is 0.571. The molecule has 0 unspecified atom stereocenters. The van der Waals surface area contributed by atoms with Crippen LogP contribution in [0.4, 0.5) is 0 Å². The van der Waals surface area contributed by atoms with E-state index in [0.29, 0.717) is 5.92 Å². The molecule has 0 radical (unpaired) electrons. The average molecular weight is 280 g/mol. The lowest BCUT2D eigenvalue weighted by Gasteiger charge is -2.18. The van der Waals surface area contributed by atoms with Gasteiger partial charge in [0.2, 0.25) is 0 Å². The number of carbonyl (C=O) groups is 1. The van der Waals surface area contributed by atoms with E-state index in [2.05, 4.69) is 45.0 Å². The lowest BCUT2D eigenvalue weighted by atomic mass is 9.90. The summed E-state index contributed by atoms with van der Waals surface area (Å²) in [4.78, 5) is 16.7. The third-order valence-corrected chi connectivity index (χ3v) is 3.95. The van der Waals surface area contributed by atoms with E-state index >= 15 is 0 Å². The molecule has 2 aromatic rings. The molecule has 0 aliphatic rings. The average Bonchev–Trinajstić information content (AvgIpc) is 2.76. The van der Waals surface area contributed by atoms with Crippen LogP contribution in [0.1, 0.15) is 57.6 Å². The molecule has 2 aromatic heterocycles. The molecule has 2 rings (SSSR count). The molecule has 0 spiro atoms. The van der Waals surface area contributed by atoms with Crippen LogP contribution in [-0.2, 0) is 16.6 Å². The zero-order valence-corrected chi connectivity index (χ0v) is 12.8. The van der Waals surface area contributed by atoms with Crippen LogP contribution in [0.2, 0.25) is 0 Å². The summed E-state index contributed by atoms with van der Waals surface area (Å²) >= 11 is 1.58. The van der Waals surface area contributed by atoms with E-state index in [9.17, 15) is 4.79 Å². The van der Waals surface area contributed by atoms with Gasteiger partial charge in [-0.25, -0.2) is 4.98 Å². The third kappa shape index (κ3) is 2.52. The number of nitrogens with zero attached hydrogens (tertiary/aromatic N) is 2. The highest BCUT2D eigenvalue weighted by Crippen LogP contribution is 2.32. The summed E-state index contributed by atoms with van der Waals surface area (Å²) in [6, 6.07) is 0. The van der Waals surface area contributed by atoms with E-state index in [1.807, 2.05) is 4.40 Å². The van der Waals surface area contributed by atoms with E-state index in [0.717, 1.165) is 22.0 Å². The van der Waals surface area contributed by atoms with Gasteiger partial charge in [0.1, 0.15) is 0 Å². The van der Waals surface area contributed by atoms with Crippen molar-refractivity contribution < 1.29 is 9.90 Å². The number of thiazole rings is 1. The molecule has 0 bridgehead atoms. The van der Waals surface area contributed by atoms with E-state index < -0.39 is 5.97 Å². The van der Waals surface area contributed by atoms with Gasteiger partial charge < -0.3 is 5.11 Å². The summed E-state index contributed by atoms with van der Waals surface area (Å²) in [5.74, 6) is -0.462. The van der Waals surface area contributed by atoms with Gasteiger partial charge in [-0.3, -0.25) is 9.20 Å². The van der Waals surface area contributed by atoms with Crippen molar-refractivity contribution in [3.63, 3.8) is 0 Å². The van der Waals surface area contributed by atoms with Gasteiger partial charge in [-0.05, 0) is 5.92 Å². The molecule has 0 saturated carbocycles. The maximum atomic E-state index is 11.2. The fourth-order valence-corrected chi connectivity index (χ4v) is 3.31. The summed E-state index contributed by atoms with van der Waals surface area (Å²) in [7, 11) is 0. The number of aliphatic carboxylic acids is 1. The molecule has 5 heteroatoms. The molecule has 0 aromatic carbocycles. The van der Waals surface area contributed by atoms with Gasteiger partial charge in [0.25, 0.3) is 0 Å². The van der Waals surface area contributed by atoms with Crippen molar-refractivity contribution in [1.29, 1.82) is 0 Å². The second-order valence-electron chi connectivity index (χ2n) is 6.16. The minimum Gasteiger partial charge on any atom is -0.481 e. The number of carboxylic acids is 1. The number of rotatable bonds is 3. The largest absolute Gasteiger partial charge is 0.481 e. The Morgan fingerprint density at radius 1 is 1.47 bits per heavy atom. The van der Waals surface area contributed by atoms with Crippen molar-refractivity contribution in [2.45, 2.75) is 52.4 Å². The first-order valence-corrected chi connectivity index (χ1v) is 7.30. The maximum Gasteiger partial charge on any atom is 0.309 e. The first kappa shape index (κ1) is 14.1. The molecule has 4 nitrogen and oxygen atoms in total. The molecule has 1 N–H and O–H groups in total. The third-order valence-electron chi connectivity index (χ3n) is 3.11. The normalized spacial score (nSPS) is 12.5. The van der Waals surface area contributed by atoms with Gasteiger partial charge in [-0.15, -0.1) is 11.3 Å².